The van der Waals surface area contributed by atoms with Gasteiger partial charge in [0.2, 0.25) is 0 Å². The van der Waals surface area contributed by atoms with E-state index in [1.807, 2.05) is 46.3 Å². The van der Waals surface area contributed by atoms with Gasteiger partial charge >= 0.3 is 0 Å². The first-order valence-corrected chi connectivity index (χ1v) is 17.3. The quantitative estimate of drug-likeness (QED) is 0.482. The maximum atomic E-state index is 5.93. The van der Waals surface area contributed by atoms with Crippen LogP contribution in [0.15, 0.2) is 48.5 Å². The van der Waals surface area contributed by atoms with E-state index in [1.165, 1.54) is 11.1 Å². The lowest BCUT2D eigenvalue weighted by molar-refractivity contribution is 0.414. The van der Waals surface area contributed by atoms with Crippen LogP contribution in [0, 0.1) is 0 Å². The van der Waals surface area contributed by atoms with Gasteiger partial charge in [-0.05, 0) is 35.4 Å². The first-order chi connectivity index (χ1) is 11.4. The van der Waals surface area contributed by atoms with Crippen LogP contribution in [0.25, 0.3) is 0 Å². The van der Waals surface area contributed by atoms with Crippen LogP contribution in [0.1, 0.15) is 11.1 Å². The second-order valence-electron chi connectivity index (χ2n) is 5.40. The third kappa shape index (κ3) is 4.60. The van der Waals surface area contributed by atoms with Crippen molar-refractivity contribution in [3.8, 4) is 11.5 Å². The molecule has 0 bridgehead atoms. The zero-order valence-corrected chi connectivity index (χ0v) is 18.4. The van der Waals surface area contributed by atoms with E-state index in [2.05, 4.69) is 24.3 Å². The highest BCUT2D eigenvalue weighted by atomic mass is 33.7. The summed E-state index contributed by atoms with van der Waals surface area (Å²) in [5, 5.41) is 0. The highest BCUT2D eigenvalue weighted by Gasteiger charge is 2.43. The Labute approximate surface area is 161 Å². The molecule has 0 amide bonds. The van der Waals surface area contributed by atoms with Crippen molar-refractivity contribution in [1.29, 1.82) is 0 Å². The van der Waals surface area contributed by atoms with Crippen molar-refractivity contribution < 1.29 is 9.47 Å². The molecule has 0 radical (unpaired) electrons. The Hall–Kier alpha value is 0.0400. The van der Waals surface area contributed by atoms with E-state index >= 15 is 0 Å². The largest absolute Gasteiger partial charge is 0.497 e. The molecule has 1 saturated heterocycles. The smallest absolute Gasteiger partial charge is 0.118 e. The molecular weight excluding hydrogens is 414 g/mol. The highest BCUT2D eigenvalue weighted by Crippen LogP contribution is 3.06. The van der Waals surface area contributed by atoms with Crippen molar-refractivity contribution in [2.75, 3.05) is 14.2 Å². The highest BCUT2D eigenvalue weighted by molar-refractivity contribution is 9.46. The first-order valence-electron chi connectivity index (χ1n) is 7.30. The molecule has 2 nitrogen and oxygen atoms in total. The average molecular weight is 433 g/mol. The summed E-state index contributed by atoms with van der Waals surface area (Å²) in [7, 11) is 3.37. The van der Waals surface area contributed by atoms with Crippen LogP contribution in [0.3, 0.4) is 0 Å². The van der Waals surface area contributed by atoms with Gasteiger partial charge in [0, 0.05) is 12.3 Å². The molecule has 0 N–H and O–H groups in total. The molecule has 1 aliphatic heterocycles. The van der Waals surface area contributed by atoms with E-state index in [9.17, 15) is 0 Å². The third-order valence-corrected chi connectivity index (χ3v) is 34.7. The van der Waals surface area contributed by atoms with Crippen molar-refractivity contribution >= 4 is 54.5 Å². The van der Waals surface area contributed by atoms with E-state index in [0.29, 0.717) is 0 Å². The van der Waals surface area contributed by atoms with Crippen LogP contribution < -0.4 is 9.47 Å². The Bertz CT molecular complexity index is 724. The lowest BCUT2D eigenvalue weighted by Gasteiger charge is -2.40. The molecule has 128 valence electrons. The van der Waals surface area contributed by atoms with Gasteiger partial charge in [0.05, 0.1) is 23.1 Å². The maximum absolute atomic E-state index is 5.93. The Morgan fingerprint density at radius 3 is 1.33 bits per heavy atom. The van der Waals surface area contributed by atoms with Crippen LogP contribution >= 0.6 is 30.9 Å². The summed E-state index contributed by atoms with van der Waals surface area (Å²) in [4.78, 5) is 0. The number of methoxy groups -OCH3 is 2. The summed E-state index contributed by atoms with van der Waals surface area (Å²) in [5.41, 5.74) is 2.56. The molecule has 0 aliphatic carbocycles. The normalized spacial score (nSPS) is 25.8. The van der Waals surface area contributed by atoms with Crippen molar-refractivity contribution in [3.05, 3.63) is 59.7 Å². The molecule has 0 atom stereocenters. The Morgan fingerprint density at radius 2 is 1.04 bits per heavy atom. The average Bonchev–Trinajstić information content (AvgIpc) is 2.54. The van der Waals surface area contributed by atoms with E-state index in [0.717, 1.165) is 23.8 Å². The van der Waals surface area contributed by atoms with Crippen molar-refractivity contribution in [1.82, 2.24) is 0 Å². The predicted octanol–water partition coefficient (Wildman–Crippen LogP) is 6.50. The van der Waals surface area contributed by atoms with Crippen LogP contribution in [-0.2, 0) is 35.9 Å². The maximum Gasteiger partial charge on any atom is 0.118 e. The minimum Gasteiger partial charge on any atom is -0.497 e. The molecular formula is C16H18O2P2S4. The van der Waals surface area contributed by atoms with Gasteiger partial charge < -0.3 is 9.47 Å². The molecule has 0 aromatic heterocycles. The molecule has 2 aromatic rings. The molecule has 8 heteroatoms. The molecule has 1 heterocycles. The predicted molar refractivity (Wildman–Crippen MR) is 117 cm³/mol. The SMILES string of the molecule is COc1ccc(CP2(=S)SP(=S)(Cc3ccc(OC)cc3)S2)cc1. The third-order valence-electron chi connectivity index (χ3n) is 3.57. The summed E-state index contributed by atoms with van der Waals surface area (Å²) >= 11 is 15.7. The van der Waals surface area contributed by atoms with Crippen LogP contribution in [-0.4, -0.2) is 14.2 Å². The van der Waals surface area contributed by atoms with Gasteiger partial charge in [-0.1, -0.05) is 69.9 Å². The van der Waals surface area contributed by atoms with E-state index in [1.54, 1.807) is 14.2 Å². The van der Waals surface area contributed by atoms with Crippen molar-refractivity contribution in [3.63, 3.8) is 0 Å². The second kappa shape index (κ2) is 7.73. The van der Waals surface area contributed by atoms with Gasteiger partial charge in [-0.15, -0.1) is 0 Å². The molecule has 0 spiro atoms. The Morgan fingerprint density at radius 1 is 0.708 bits per heavy atom. The Balaban J connectivity index is 1.61. The molecule has 0 unspecified atom stereocenters. The zero-order valence-electron chi connectivity index (χ0n) is 13.4. The van der Waals surface area contributed by atoms with E-state index in [-0.39, 0.29) is 0 Å². The molecule has 1 fully saturated rings. The fourth-order valence-corrected chi connectivity index (χ4v) is 49.0. The molecule has 3 rings (SSSR count). The summed E-state index contributed by atoms with van der Waals surface area (Å²) in [6.07, 6.45) is 1.92. The van der Waals surface area contributed by atoms with Crippen LogP contribution in [0.4, 0.5) is 0 Å². The molecule has 24 heavy (non-hydrogen) atoms. The summed E-state index contributed by atoms with van der Waals surface area (Å²) < 4.78 is 7.48. The van der Waals surface area contributed by atoms with Crippen molar-refractivity contribution in [2.45, 2.75) is 12.3 Å². The topological polar surface area (TPSA) is 18.5 Å². The first kappa shape index (κ1) is 18.8. The number of rotatable bonds is 6. The summed E-state index contributed by atoms with van der Waals surface area (Å²) in [5.74, 6) is 1.77. The summed E-state index contributed by atoms with van der Waals surface area (Å²) in [6.45, 7) is 0. The standard InChI is InChI=1S/C16H18O2P2S4/c1-17-15-7-3-13(4-8-15)11-19(21)23-20(22,24-19)12-14-5-9-16(18-2)10-6-14/h3-10H,11-12H2,1-2H3. The number of ether oxygens (including phenoxy) is 2. The van der Waals surface area contributed by atoms with Gasteiger partial charge in [-0.25, -0.2) is 0 Å². The minimum absolute atomic E-state index is 0.883. The monoisotopic (exact) mass is 432 g/mol. The molecule has 0 saturated carbocycles. The fraction of sp³-hybridized carbons (Fsp3) is 0.250. The van der Waals surface area contributed by atoms with Crippen LogP contribution in [0.5, 0.6) is 11.5 Å². The lowest BCUT2D eigenvalue weighted by Crippen LogP contribution is -1.93. The van der Waals surface area contributed by atoms with Gasteiger partial charge in [-0.2, -0.15) is 0 Å². The van der Waals surface area contributed by atoms with Gasteiger partial charge in [0.15, 0.2) is 0 Å². The second-order valence-corrected chi connectivity index (χ2v) is 28.1. The number of hydrogen-bond acceptors (Lipinski definition) is 6. The Kier molecular flexibility index (Phi) is 6.07. The van der Waals surface area contributed by atoms with Gasteiger partial charge in [0.1, 0.15) is 11.5 Å². The minimum atomic E-state index is -1.47. The van der Waals surface area contributed by atoms with Gasteiger partial charge in [0.25, 0.3) is 0 Å². The lowest BCUT2D eigenvalue weighted by atomic mass is 10.2. The number of benzene rings is 2. The fourth-order valence-electron chi connectivity index (χ4n) is 2.41. The van der Waals surface area contributed by atoms with Crippen molar-refractivity contribution in [2.24, 2.45) is 0 Å². The summed E-state index contributed by atoms with van der Waals surface area (Å²) in [6, 6.07) is 16.4. The van der Waals surface area contributed by atoms with E-state index < -0.39 is 8.88 Å². The van der Waals surface area contributed by atoms with Gasteiger partial charge in [-0.3, -0.25) is 0 Å². The van der Waals surface area contributed by atoms with Crippen LogP contribution in [0.2, 0.25) is 0 Å². The van der Waals surface area contributed by atoms with E-state index in [4.69, 9.17) is 33.1 Å². The zero-order chi connectivity index (χ0) is 17.2. The molecule has 2 aromatic carbocycles. The number of hydrogen-bond donors (Lipinski definition) is 0. The molecule has 1 aliphatic rings.